The zero-order valence-electron chi connectivity index (χ0n) is 17.4. The Balaban J connectivity index is 1.44. The topological polar surface area (TPSA) is 106 Å². The molecule has 0 radical (unpaired) electrons. The molecular weight excluding hydrogens is 454 g/mol. The van der Waals surface area contributed by atoms with E-state index in [9.17, 15) is 13.2 Å². The highest BCUT2D eigenvalue weighted by atomic mass is 35.5. The monoisotopic (exact) mass is 477 g/mol. The quantitative estimate of drug-likeness (QED) is 0.685. The van der Waals surface area contributed by atoms with Gasteiger partial charge in [-0.05, 0) is 48.7 Å². The van der Waals surface area contributed by atoms with Crippen LogP contribution >= 0.6 is 11.6 Å². The SMILES string of the molecule is O=C(Cc1cc(Cl)c2c(c1)OCCO2)Nc1cccc(S(=O)(=O)NC2=NCCCCC2)c1. The first kappa shape index (κ1) is 22.4. The van der Waals surface area contributed by atoms with Gasteiger partial charge in [-0.3, -0.25) is 14.5 Å². The van der Waals surface area contributed by atoms with Gasteiger partial charge in [0.15, 0.2) is 11.5 Å². The Labute approximate surface area is 192 Å². The minimum absolute atomic E-state index is 0.0440. The second-order valence-electron chi connectivity index (χ2n) is 7.60. The van der Waals surface area contributed by atoms with Crippen LogP contribution in [0.3, 0.4) is 0 Å². The number of carbonyl (C=O) groups is 1. The van der Waals surface area contributed by atoms with Crippen molar-refractivity contribution in [1.29, 1.82) is 0 Å². The van der Waals surface area contributed by atoms with Crippen LogP contribution in [0.5, 0.6) is 11.5 Å². The molecule has 0 aromatic heterocycles. The molecule has 0 atom stereocenters. The van der Waals surface area contributed by atoms with E-state index in [-0.39, 0.29) is 17.2 Å². The fraction of sp³-hybridized carbons (Fsp3) is 0.364. The van der Waals surface area contributed by atoms with Gasteiger partial charge >= 0.3 is 0 Å². The molecule has 4 rings (SSSR count). The molecule has 0 spiro atoms. The summed E-state index contributed by atoms with van der Waals surface area (Å²) in [5, 5.41) is 3.12. The van der Waals surface area contributed by atoms with Crippen LogP contribution in [0.25, 0.3) is 0 Å². The molecule has 32 heavy (non-hydrogen) atoms. The Morgan fingerprint density at radius 1 is 1.09 bits per heavy atom. The highest BCUT2D eigenvalue weighted by molar-refractivity contribution is 7.90. The average molecular weight is 478 g/mol. The predicted molar refractivity (Wildman–Crippen MR) is 122 cm³/mol. The third kappa shape index (κ3) is 5.52. The van der Waals surface area contributed by atoms with Gasteiger partial charge in [0.2, 0.25) is 5.91 Å². The van der Waals surface area contributed by atoms with E-state index < -0.39 is 10.0 Å². The third-order valence-corrected chi connectivity index (χ3v) is 6.74. The van der Waals surface area contributed by atoms with Crippen molar-refractivity contribution in [2.45, 2.75) is 37.0 Å². The van der Waals surface area contributed by atoms with Crippen molar-refractivity contribution in [3.63, 3.8) is 0 Å². The molecule has 0 saturated heterocycles. The van der Waals surface area contributed by atoms with Gasteiger partial charge in [-0.25, -0.2) is 8.42 Å². The van der Waals surface area contributed by atoms with Crippen LogP contribution in [0.1, 0.15) is 31.2 Å². The molecule has 0 fully saturated rings. The van der Waals surface area contributed by atoms with Gasteiger partial charge in [-0.1, -0.05) is 24.1 Å². The van der Waals surface area contributed by atoms with Crippen LogP contribution in [0.4, 0.5) is 5.69 Å². The number of ether oxygens (including phenoxy) is 2. The highest BCUT2D eigenvalue weighted by Gasteiger charge is 2.20. The van der Waals surface area contributed by atoms with E-state index in [1.807, 2.05) is 0 Å². The number of carbonyl (C=O) groups excluding carboxylic acids is 1. The smallest absolute Gasteiger partial charge is 0.262 e. The van der Waals surface area contributed by atoms with E-state index in [0.717, 1.165) is 19.3 Å². The number of halogens is 1. The van der Waals surface area contributed by atoms with Crippen LogP contribution in [0.2, 0.25) is 5.02 Å². The van der Waals surface area contributed by atoms with E-state index in [1.165, 1.54) is 12.1 Å². The maximum Gasteiger partial charge on any atom is 0.262 e. The van der Waals surface area contributed by atoms with Crippen molar-refractivity contribution in [1.82, 2.24) is 4.72 Å². The summed E-state index contributed by atoms with van der Waals surface area (Å²) in [5.41, 5.74) is 1.04. The Hall–Kier alpha value is -2.78. The zero-order valence-corrected chi connectivity index (χ0v) is 19.0. The molecule has 2 aromatic carbocycles. The second-order valence-corrected chi connectivity index (χ2v) is 9.69. The molecule has 2 aromatic rings. The molecule has 0 unspecified atom stereocenters. The second kappa shape index (κ2) is 9.79. The first-order chi connectivity index (χ1) is 15.4. The lowest BCUT2D eigenvalue weighted by atomic mass is 10.1. The Morgan fingerprint density at radius 2 is 1.94 bits per heavy atom. The number of aliphatic imine (C=N–C) groups is 1. The van der Waals surface area contributed by atoms with Gasteiger partial charge < -0.3 is 14.8 Å². The van der Waals surface area contributed by atoms with E-state index in [1.54, 1.807) is 24.3 Å². The van der Waals surface area contributed by atoms with Crippen molar-refractivity contribution in [2.24, 2.45) is 4.99 Å². The Kier molecular flexibility index (Phi) is 6.86. The number of nitrogens with zero attached hydrogens (tertiary/aromatic N) is 1. The summed E-state index contributed by atoms with van der Waals surface area (Å²) < 4.78 is 39.1. The van der Waals surface area contributed by atoms with E-state index in [4.69, 9.17) is 21.1 Å². The lowest BCUT2D eigenvalue weighted by molar-refractivity contribution is -0.115. The summed E-state index contributed by atoms with van der Waals surface area (Å²) >= 11 is 6.23. The van der Waals surface area contributed by atoms with Crippen LogP contribution < -0.4 is 19.5 Å². The van der Waals surface area contributed by atoms with Crippen molar-refractivity contribution in [3.05, 3.63) is 47.0 Å². The van der Waals surface area contributed by atoms with Gasteiger partial charge in [0.1, 0.15) is 19.0 Å². The molecule has 170 valence electrons. The van der Waals surface area contributed by atoms with Gasteiger partial charge in [0.25, 0.3) is 10.0 Å². The molecule has 8 nitrogen and oxygen atoms in total. The van der Waals surface area contributed by atoms with Crippen LogP contribution in [0.15, 0.2) is 46.3 Å². The number of anilines is 1. The van der Waals surface area contributed by atoms with Crippen molar-refractivity contribution < 1.29 is 22.7 Å². The molecule has 2 N–H and O–H groups in total. The zero-order chi connectivity index (χ0) is 22.6. The van der Waals surface area contributed by atoms with Gasteiger partial charge in [0.05, 0.1) is 16.3 Å². The number of sulfonamides is 1. The summed E-state index contributed by atoms with van der Waals surface area (Å²) in [6.07, 6.45) is 3.55. The van der Waals surface area contributed by atoms with Crippen molar-refractivity contribution >= 4 is 39.1 Å². The van der Waals surface area contributed by atoms with Gasteiger partial charge in [-0.2, -0.15) is 0 Å². The molecule has 2 aliphatic heterocycles. The summed E-state index contributed by atoms with van der Waals surface area (Å²) in [4.78, 5) is 16.9. The van der Waals surface area contributed by atoms with E-state index >= 15 is 0 Å². The minimum atomic E-state index is -3.79. The molecule has 0 aliphatic carbocycles. The number of amides is 1. The van der Waals surface area contributed by atoms with Crippen molar-refractivity contribution in [2.75, 3.05) is 25.1 Å². The third-order valence-electron chi connectivity index (χ3n) is 5.08. The average Bonchev–Trinajstić information content (AvgIpc) is 3.02. The van der Waals surface area contributed by atoms with Gasteiger partial charge in [0, 0.05) is 18.7 Å². The Bertz CT molecular complexity index is 1150. The first-order valence-electron chi connectivity index (χ1n) is 10.4. The summed E-state index contributed by atoms with van der Waals surface area (Å²) in [7, 11) is -3.79. The fourth-order valence-corrected chi connectivity index (χ4v) is 4.99. The lowest BCUT2D eigenvalue weighted by Crippen LogP contribution is -2.30. The lowest BCUT2D eigenvalue weighted by Gasteiger charge is -2.20. The van der Waals surface area contributed by atoms with Crippen LogP contribution in [-0.2, 0) is 21.2 Å². The van der Waals surface area contributed by atoms with Crippen LogP contribution in [0, 0.1) is 0 Å². The van der Waals surface area contributed by atoms with Gasteiger partial charge in [-0.15, -0.1) is 0 Å². The van der Waals surface area contributed by atoms with E-state index in [0.29, 0.717) is 59.8 Å². The molecular formula is C22H24ClN3O5S. The van der Waals surface area contributed by atoms with E-state index in [2.05, 4.69) is 15.0 Å². The number of fused-ring (bicyclic) bond motifs is 1. The molecule has 0 saturated carbocycles. The molecule has 0 bridgehead atoms. The predicted octanol–water partition coefficient (Wildman–Crippen LogP) is 3.54. The number of hydrogen-bond donors (Lipinski definition) is 2. The largest absolute Gasteiger partial charge is 0.486 e. The number of amidine groups is 1. The fourth-order valence-electron chi connectivity index (χ4n) is 3.57. The molecule has 10 heteroatoms. The summed E-state index contributed by atoms with van der Waals surface area (Å²) in [5.74, 6) is 1.15. The van der Waals surface area contributed by atoms with Crippen molar-refractivity contribution in [3.8, 4) is 11.5 Å². The number of nitrogens with one attached hydrogen (secondary N) is 2. The first-order valence-corrected chi connectivity index (χ1v) is 12.3. The minimum Gasteiger partial charge on any atom is -0.486 e. The molecule has 2 aliphatic rings. The normalized spacial score (nSPS) is 16.0. The number of benzene rings is 2. The Morgan fingerprint density at radius 3 is 2.81 bits per heavy atom. The standard InChI is InChI=1S/C22H24ClN3O5S/c23-18-11-15(12-19-22(18)31-10-9-30-19)13-21(27)25-16-5-4-6-17(14-16)32(28,29)26-20-7-2-1-3-8-24-20/h4-6,11-12,14H,1-3,7-10,13H2,(H,24,26)(H,25,27). The van der Waals surface area contributed by atoms with Crippen LogP contribution in [-0.4, -0.2) is 39.9 Å². The highest BCUT2D eigenvalue weighted by Crippen LogP contribution is 2.38. The maximum atomic E-state index is 12.8. The summed E-state index contributed by atoms with van der Waals surface area (Å²) in [6, 6.07) is 9.51. The number of hydrogen-bond acceptors (Lipinski definition) is 6. The summed E-state index contributed by atoms with van der Waals surface area (Å²) in [6.45, 7) is 1.46. The number of rotatable bonds is 5. The molecule has 1 amide bonds. The molecule has 2 heterocycles. The maximum absolute atomic E-state index is 12.8.